The molecule has 0 bridgehead atoms. The predicted molar refractivity (Wildman–Crippen MR) is 59.7 cm³/mol. The van der Waals surface area contributed by atoms with Gasteiger partial charge in [-0.15, -0.1) is 0 Å². The molecule has 0 saturated heterocycles. The number of nitrogens with zero attached hydrogens (tertiary/aromatic N) is 3. The molecule has 6 nitrogen and oxygen atoms in total. The molecule has 2 aromatic rings. The van der Waals surface area contributed by atoms with Crippen LogP contribution in [0.5, 0.6) is 0 Å². The molecule has 0 unspecified atom stereocenters. The molecule has 3 N–H and O–H groups in total. The van der Waals surface area contributed by atoms with Crippen LogP contribution in [0.4, 0.5) is 11.8 Å². The Kier molecular flexibility index (Phi) is 2.72. The van der Waals surface area contributed by atoms with Crippen LogP contribution in [0.1, 0.15) is 17.0 Å². The molecule has 0 radical (unpaired) electrons. The van der Waals surface area contributed by atoms with Gasteiger partial charge in [0.2, 0.25) is 5.95 Å². The Bertz CT molecular complexity index is 494. The van der Waals surface area contributed by atoms with E-state index in [4.69, 9.17) is 10.3 Å². The average Bonchev–Trinajstić information content (AvgIpc) is 2.66. The summed E-state index contributed by atoms with van der Waals surface area (Å²) in [7, 11) is 0. The second kappa shape index (κ2) is 4.18. The van der Waals surface area contributed by atoms with Gasteiger partial charge in [-0.2, -0.15) is 4.98 Å². The maximum absolute atomic E-state index is 5.50. The summed E-state index contributed by atoms with van der Waals surface area (Å²) in [5, 5.41) is 6.91. The SMILES string of the molecule is Cc1cc(CNc2nc(N)ncc2C)on1. The van der Waals surface area contributed by atoms with Crippen LogP contribution in [0, 0.1) is 13.8 Å². The average molecular weight is 219 g/mol. The lowest BCUT2D eigenvalue weighted by Crippen LogP contribution is -2.05. The Morgan fingerprint density at radius 1 is 1.44 bits per heavy atom. The summed E-state index contributed by atoms with van der Waals surface area (Å²) in [5.74, 6) is 1.72. The van der Waals surface area contributed by atoms with Crippen LogP contribution in [0.3, 0.4) is 0 Å². The third kappa shape index (κ3) is 2.28. The summed E-state index contributed by atoms with van der Waals surface area (Å²) in [5.41, 5.74) is 7.30. The number of hydrogen-bond acceptors (Lipinski definition) is 6. The van der Waals surface area contributed by atoms with E-state index in [9.17, 15) is 0 Å². The summed E-state index contributed by atoms with van der Waals surface area (Å²) >= 11 is 0. The van der Waals surface area contributed by atoms with Crippen molar-refractivity contribution in [2.24, 2.45) is 0 Å². The number of rotatable bonds is 3. The van der Waals surface area contributed by atoms with E-state index in [1.54, 1.807) is 6.20 Å². The van der Waals surface area contributed by atoms with Gasteiger partial charge in [-0.25, -0.2) is 4.98 Å². The smallest absolute Gasteiger partial charge is 0.221 e. The summed E-state index contributed by atoms with van der Waals surface area (Å²) in [6.07, 6.45) is 1.68. The van der Waals surface area contributed by atoms with E-state index in [2.05, 4.69) is 20.4 Å². The van der Waals surface area contributed by atoms with Crippen molar-refractivity contribution < 1.29 is 4.52 Å². The van der Waals surface area contributed by atoms with E-state index in [1.807, 2.05) is 19.9 Å². The highest BCUT2D eigenvalue weighted by Crippen LogP contribution is 2.12. The Morgan fingerprint density at radius 2 is 2.25 bits per heavy atom. The third-order valence-electron chi connectivity index (χ3n) is 2.10. The molecule has 16 heavy (non-hydrogen) atoms. The van der Waals surface area contributed by atoms with E-state index in [-0.39, 0.29) is 5.95 Å². The highest BCUT2D eigenvalue weighted by Gasteiger charge is 2.04. The van der Waals surface area contributed by atoms with Gasteiger partial charge in [-0.05, 0) is 13.8 Å². The maximum atomic E-state index is 5.50. The number of aromatic nitrogens is 3. The normalized spacial score (nSPS) is 10.4. The molecule has 0 aromatic carbocycles. The minimum atomic E-state index is 0.252. The maximum Gasteiger partial charge on any atom is 0.221 e. The van der Waals surface area contributed by atoms with Crippen molar-refractivity contribution in [3.63, 3.8) is 0 Å². The number of nitrogens with two attached hydrogens (primary N) is 1. The summed E-state index contributed by atoms with van der Waals surface area (Å²) in [6.45, 7) is 4.31. The van der Waals surface area contributed by atoms with Crippen LogP contribution >= 0.6 is 0 Å². The molecular formula is C10H13N5O. The number of aryl methyl sites for hydroxylation is 2. The highest BCUT2D eigenvalue weighted by molar-refractivity contribution is 5.45. The third-order valence-corrected chi connectivity index (χ3v) is 2.10. The van der Waals surface area contributed by atoms with Crippen LogP contribution in [0.25, 0.3) is 0 Å². The molecular weight excluding hydrogens is 206 g/mol. The predicted octanol–water partition coefficient (Wildman–Crippen LogP) is 1.28. The fourth-order valence-corrected chi connectivity index (χ4v) is 1.31. The lowest BCUT2D eigenvalue weighted by Gasteiger charge is -2.06. The van der Waals surface area contributed by atoms with Crippen LogP contribution in [-0.2, 0) is 6.54 Å². The van der Waals surface area contributed by atoms with Crippen LogP contribution in [0.15, 0.2) is 16.8 Å². The van der Waals surface area contributed by atoms with Gasteiger partial charge in [-0.3, -0.25) is 0 Å². The van der Waals surface area contributed by atoms with Crippen molar-refractivity contribution in [2.75, 3.05) is 11.1 Å². The lowest BCUT2D eigenvalue weighted by molar-refractivity contribution is 0.384. The lowest BCUT2D eigenvalue weighted by atomic mass is 10.3. The molecule has 0 aliphatic carbocycles. The number of nitrogens with one attached hydrogen (secondary N) is 1. The minimum Gasteiger partial charge on any atom is -0.368 e. The molecule has 0 aliphatic rings. The Labute approximate surface area is 92.9 Å². The summed E-state index contributed by atoms with van der Waals surface area (Å²) in [4.78, 5) is 7.98. The molecule has 0 amide bonds. The first-order chi connectivity index (χ1) is 7.65. The van der Waals surface area contributed by atoms with Crippen molar-refractivity contribution in [1.29, 1.82) is 0 Å². The molecule has 0 fully saturated rings. The minimum absolute atomic E-state index is 0.252. The summed E-state index contributed by atoms with van der Waals surface area (Å²) in [6, 6.07) is 1.87. The first-order valence-corrected chi connectivity index (χ1v) is 4.90. The molecule has 2 heterocycles. The molecule has 0 aliphatic heterocycles. The molecule has 0 atom stereocenters. The van der Waals surface area contributed by atoms with Crippen LogP contribution in [0.2, 0.25) is 0 Å². The van der Waals surface area contributed by atoms with Crippen LogP contribution < -0.4 is 11.1 Å². The van der Waals surface area contributed by atoms with Crippen LogP contribution in [-0.4, -0.2) is 15.1 Å². The molecule has 0 spiro atoms. The standard InChI is InChI=1S/C10H13N5O/c1-6-4-13-10(11)14-9(6)12-5-8-3-7(2)15-16-8/h3-4H,5H2,1-2H3,(H3,11,12,13,14). The number of nitrogen functional groups attached to an aromatic ring is 1. The van der Waals surface area contributed by atoms with Gasteiger partial charge in [0, 0.05) is 17.8 Å². The second-order valence-corrected chi connectivity index (χ2v) is 3.55. The quantitative estimate of drug-likeness (QED) is 0.808. The first-order valence-electron chi connectivity index (χ1n) is 4.90. The fraction of sp³-hybridized carbons (Fsp3) is 0.300. The Hall–Kier alpha value is -2.11. The zero-order valence-electron chi connectivity index (χ0n) is 9.19. The van der Waals surface area contributed by atoms with Gasteiger partial charge in [0.15, 0.2) is 5.76 Å². The van der Waals surface area contributed by atoms with E-state index in [0.29, 0.717) is 12.4 Å². The van der Waals surface area contributed by atoms with Crippen molar-refractivity contribution >= 4 is 11.8 Å². The molecule has 2 aromatic heterocycles. The molecule has 2 rings (SSSR count). The van der Waals surface area contributed by atoms with Gasteiger partial charge in [0.25, 0.3) is 0 Å². The Morgan fingerprint density at radius 3 is 2.94 bits per heavy atom. The molecule has 84 valence electrons. The highest BCUT2D eigenvalue weighted by atomic mass is 16.5. The van der Waals surface area contributed by atoms with Gasteiger partial charge < -0.3 is 15.6 Å². The van der Waals surface area contributed by atoms with Gasteiger partial charge >= 0.3 is 0 Å². The van der Waals surface area contributed by atoms with E-state index < -0.39 is 0 Å². The van der Waals surface area contributed by atoms with Crippen molar-refractivity contribution in [2.45, 2.75) is 20.4 Å². The van der Waals surface area contributed by atoms with Gasteiger partial charge in [0.05, 0.1) is 12.2 Å². The van der Waals surface area contributed by atoms with Gasteiger partial charge in [0.1, 0.15) is 5.82 Å². The fourth-order valence-electron chi connectivity index (χ4n) is 1.31. The van der Waals surface area contributed by atoms with Crippen molar-refractivity contribution in [1.82, 2.24) is 15.1 Å². The van der Waals surface area contributed by atoms with E-state index in [1.165, 1.54) is 0 Å². The van der Waals surface area contributed by atoms with Crippen molar-refractivity contribution in [3.05, 3.63) is 29.3 Å². The topological polar surface area (TPSA) is 89.9 Å². The largest absolute Gasteiger partial charge is 0.368 e. The van der Waals surface area contributed by atoms with E-state index in [0.717, 1.165) is 17.0 Å². The van der Waals surface area contributed by atoms with E-state index >= 15 is 0 Å². The second-order valence-electron chi connectivity index (χ2n) is 3.55. The molecule has 6 heteroatoms. The van der Waals surface area contributed by atoms with Crippen molar-refractivity contribution in [3.8, 4) is 0 Å². The first kappa shape index (κ1) is 10.4. The zero-order chi connectivity index (χ0) is 11.5. The number of anilines is 2. The van der Waals surface area contributed by atoms with Gasteiger partial charge in [-0.1, -0.05) is 5.16 Å². The zero-order valence-corrected chi connectivity index (χ0v) is 9.19. The summed E-state index contributed by atoms with van der Waals surface area (Å²) < 4.78 is 5.07. The molecule has 0 saturated carbocycles. The Balaban J connectivity index is 2.07. The monoisotopic (exact) mass is 219 g/mol. The number of hydrogen-bond donors (Lipinski definition) is 2.